The first-order chi connectivity index (χ1) is 10.5. The van der Waals surface area contributed by atoms with Crippen LogP contribution in [0.3, 0.4) is 0 Å². The van der Waals surface area contributed by atoms with Crippen molar-refractivity contribution in [1.82, 2.24) is 4.72 Å². The van der Waals surface area contributed by atoms with E-state index >= 15 is 0 Å². The van der Waals surface area contributed by atoms with Crippen LogP contribution in [0.25, 0.3) is 0 Å². The van der Waals surface area contributed by atoms with Crippen molar-refractivity contribution in [3.63, 3.8) is 0 Å². The molecule has 0 amide bonds. The van der Waals surface area contributed by atoms with Gasteiger partial charge in [-0.25, -0.2) is 13.1 Å². The number of halogens is 2. The first-order valence-corrected chi connectivity index (χ1v) is 9.26. The summed E-state index contributed by atoms with van der Waals surface area (Å²) in [6.45, 7) is 0.242. The maximum Gasteiger partial charge on any atom is 0.242 e. The fourth-order valence-electron chi connectivity index (χ4n) is 2.97. The van der Waals surface area contributed by atoms with Crippen molar-refractivity contribution in [1.29, 1.82) is 5.26 Å². The largest absolute Gasteiger partial charge is 0.329 e. The molecule has 5 nitrogen and oxygen atoms in total. The summed E-state index contributed by atoms with van der Waals surface area (Å²) in [5.74, 6) is 0.248. The molecule has 0 radical (unpaired) electrons. The quantitative estimate of drug-likeness (QED) is 0.824. The normalized spacial score (nSPS) is 17.1. The number of nitriles is 1. The van der Waals surface area contributed by atoms with Crippen LogP contribution in [0.4, 0.5) is 0 Å². The van der Waals surface area contributed by atoms with Gasteiger partial charge >= 0.3 is 0 Å². The second kappa shape index (κ2) is 8.86. The molecule has 1 unspecified atom stereocenters. The van der Waals surface area contributed by atoms with Crippen LogP contribution >= 0.6 is 24.0 Å². The molecule has 1 aliphatic rings. The van der Waals surface area contributed by atoms with Gasteiger partial charge in [-0.05, 0) is 30.9 Å². The van der Waals surface area contributed by atoms with E-state index in [4.69, 9.17) is 22.6 Å². The van der Waals surface area contributed by atoms with E-state index in [1.54, 1.807) is 0 Å². The summed E-state index contributed by atoms with van der Waals surface area (Å²) in [6, 6.07) is 5.96. The highest BCUT2D eigenvalue weighted by molar-refractivity contribution is 7.89. The van der Waals surface area contributed by atoms with Crippen molar-refractivity contribution in [3.05, 3.63) is 28.8 Å². The summed E-state index contributed by atoms with van der Waals surface area (Å²) >= 11 is 5.92. The summed E-state index contributed by atoms with van der Waals surface area (Å²) in [4.78, 5) is -0.0863. The zero-order valence-corrected chi connectivity index (χ0v) is 15.1. The van der Waals surface area contributed by atoms with Crippen molar-refractivity contribution in [2.45, 2.75) is 43.0 Å². The van der Waals surface area contributed by atoms with Crippen LogP contribution in [0.1, 0.15) is 37.7 Å². The van der Waals surface area contributed by atoms with Crippen molar-refractivity contribution in [2.75, 3.05) is 6.54 Å². The van der Waals surface area contributed by atoms with Crippen LogP contribution in [0.15, 0.2) is 23.1 Å². The number of nitrogens with zero attached hydrogens (tertiary/aromatic N) is 1. The topological polar surface area (TPSA) is 96.0 Å². The molecule has 128 valence electrons. The SMILES string of the molecule is Cl.N#Cc1c(Cl)cccc1S(=O)(=O)NC(CN)C1CCCCC1. The van der Waals surface area contributed by atoms with Crippen molar-refractivity contribution in [2.24, 2.45) is 11.7 Å². The molecule has 2 rings (SSSR count). The van der Waals surface area contributed by atoms with Gasteiger partial charge in [0.1, 0.15) is 11.0 Å². The zero-order chi connectivity index (χ0) is 16.2. The number of nitrogens with two attached hydrogens (primary N) is 1. The van der Waals surface area contributed by atoms with E-state index in [-0.39, 0.29) is 46.4 Å². The predicted molar refractivity (Wildman–Crippen MR) is 93.2 cm³/mol. The Morgan fingerprint density at radius 3 is 2.57 bits per heavy atom. The van der Waals surface area contributed by atoms with Crippen molar-refractivity contribution >= 4 is 34.0 Å². The molecule has 1 aromatic rings. The summed E-state index contributed by atoms with van der Waals surface area (Å²) in [5.41, 5.74) is 5.74. The molecule has 0 bridgehead atoms. The Hall–Kier alpha value is -0.840. The van der Waals surface area contributed by atoms with E-state index < -0.39 is 10.0 Å². The maximum atomic E-state index is 12.6. The number of hydrogen-bond acceptors (Lipinski definition) is 4. The number of benzene rings is 1. The van der Waals surface area contributed by atoms with Gasteiger partial charge in [-0.3, -0.25) is 0 Å². The molecule has 1 atom stereocenters. The Kier molecular flexibility index (Phi) is 7.78. The van der Waals surface area contributed by atoms with Gasteiger partial charge in [0, 0.05) is 12.6 Å². The Balaban J connectivity index is 0.00000264. The van der Waals surface area contributed by atoms with Gasteiger partial charge in [-0.2, -0.15) is 5.26 Å². The molecule has 0 saturated heterocycles. The molecule has 0 aromatic heterocycles. The average Bonchev–Trinajstić information content (AvgIpc) is 2.53. The zero-order valence-electron chi connectivity index (χ0n) is 12.7. The fourth-order valence-corrected chi connectivity index (χ4v) is 4.74. The van der Waals surface area contributed by atoms with E-state index in [1.807, 2.05) is 6.07 Å². The third kappa shape index (κ3) is 4.82. The standard InChI is InChI=1S/C15H20ClN3O2S.ClH/c16-13-7-4-8-15(12(13)9-17)22(20,21)19-14(10-18)11-5-2-1-3-6-11;/h4,7-8,11,14,19H,1-3,5-6,10,18H2;1H. The Bertz CT molecular complexity index is 668. The minimum atomic E-state index is -3.82. The van der Waals surface area contributed by atoms with Gasteiger partial charge in [0.25, 0.3) is 0 Å². The van der Waals surface area contributed by atoms with Crippen LogP contribution in [0.5, 0.6) is 0 Å². The van der Waals surface area contributed by atoms with E-state index in [2.05, 4.69) is 4.72 Å². The lowest BCUT2D eigenvalue weighted by Gasteiger charge is -2.30. The van der Waals surface area contributed by atoms with Crippen LogP contribution in [0.2, 0.25) is 5.02 Å². The number of nitrogens with one attached hydrogen (secondary N) is 1. The highest BCUT2D eigenvalue weighted by Gasteiger charge is 2.29. The van der Waals surface area contributed by atoms with E-state index in [9.17, 15) is 8.42 Å². The lowest BCUT2D eigenvalue weighted by molar-refractivity contribution is 0.294. The average molecular weight is 378 g/mol. The summed E-state index contributed by atoms with van der Waals surface area (Å²) in [7, 11) is -3.82. The third-order valence-corrected chi connectivity index (χ3v) is 6.00. The highest BCUT2D eigenvalue weighted by atomic mass is 35.5. The minimum Gasteiger partial charge on any atom is -0.329 e. The number of hydrogen-bond donors (Lipinski definition) is 2. The van der Waals surface area contributed by atoms with Gasteiger partial charge in [-0.1, -0.05) is 36.9 Å². The molecule has 0 heterocycles. The van der Waals surface area contributed by atoms with E-state index in [0.717, 1.165) is 25.7 Å². The van der Waals surface area contributed by atoms with Gasteiger partial charge in [-0.15, -0.1) is 12.4 Å². The molecule has 0 aliphatic heterocycles. The molecule has 0 spiro atoms. The number of rotatable bonds is 5. The summed E-state index contributed by atoms with van der Waals surface area (Å²) < 4.78 is 27.9. The third-order valence-electron chi connectivity index (χ3n) is 4.16. The Labute approximate surface area is 148 Å². The molecule has 1 fully saturated rings. The summed E-state index contributed by atoms with van der Waals surface area (Å²) in [6.07, 6.45) is 5.34. The molecule has 1 aliphatic carbocycles. The van der Waals surface area contributed by atoms with E-state index in [0.29, 0.717) is 0 Å². The Morgan fingerprint density at radius 2 is 2.00 bits per heavy atom. The van der Waals surface area contributed by atoms with Crippen molar-refractivity contribution in [3.8, 4) is 6.07 Å². The van der Waals surface area contributed by atoms with E-state index in [1.165, 1.54) is 24.6 Å². The molecule has 23 heavy (non-hydrogen) atoms. The van der Waals surface area contributed by atoms with Crippen LogP contribution in [0, 0.1) is 17.2 Å². The first-order valence-electron chi connectivity index (χ1n) is 7.40. The second-order valence-electron chi connectivity index (χ2n) is 5.59. The molecule has 1 aromatic carbocycles. The van der Waals surface area contributed by atoms with Gasteiger partial charge in [0.15, 0.2) is 0 Å². The lowest BCUT2D eigenvalue weighted by atomic mass is 9.84. The smallest absolute Gasteiger partial charge is 0.242 e. The minimum absolute atomic E-state index is 0. The van der Waals surface area contributed by atoms with Crippen molar-refractivity contribution < 1.29 is 8.42 Å². The van der Waals surface area contributed by atoms with Gasteiger partial charge in [0.2, 0.25) is 10.0 Å². The second-order valence-corrected chi connectivity index (χ2v) is 7.68. The van der Waals surface area contributed by atoms with Crippen LogP contribution in [-0.2, 0) is 10.0 Å². The fraction of sp³-hybridized carbons (Fsp3) is 0.533. The first kappa shape index (κ1) is 20.2. The van der Waals surface area contributed by atoms with Crippen LogP contribution < -0.4 is 10.5 Å². The molecule has 3 N–H and O–H groups in total. The van der Waals surface area contributed by atoms with Gasteiger partial charge < -0.3 is 5.73 Å². The number of sulfonamides is 1. The molecule has 8 heteroatoms. The molecule has 1 saturated carbocycles. The highest BCUT2D eigenvalue weighted by Crippen LogP contribution is 2.28. The van der Waals surface area contributed by atoms with Crippen LogP contribution in [-0.4, -0.2) is 21.0 Å². The predicted octanol–water partition coefficient (Wildman–Crippen LogP) is 2.82. The monoisotopic (exact) mass is 377 g/mol. The lowest BCUT2D eigenvalue weighted by Crippen LogP contribution is -2.45. The summed E-state index contributed by atoms with van der Waals surface area (Å²) in [5, 5.41) is 9.28. The Morgan fingerprint density at radius 1 is 1.35 bits per heavy atom. The molecular weight excluding hydrogens is 357 g/mol. The molecular formula is C15H21Cl2N3O2S. The maximum absolute atomic E-state index is 12.6. The van der Waals surface area contributed by atoms with Gasteiger partial charge in [0.05, 0.1) is 10.6 Å².